The highest BCUT2D eigenvalue weighted by Gasteiger charge is 2.28. The zero-order valence-electron chi connectivity index (χ0n) is 13.8. The summed E-state index contributed by atoms with van der Waals surface area (Å²) in [7, 11) is 2.14. The standard InChI is InChI=1S/C18H26N4O/c1-21(12-15-5-4-9-19-11-15)13-16-8-10-22(14-16)18(23)20-17-6-2-3-7-17/h2-5,9,11,16-17H,6-8,10,12-14H2,1H3,(H,20,23)/t16-/m0/s1. The summed E-state index contributed by atoms with van der Waals surface area (Å²) in [5.41, 5.74) is 1.23. The number of likely N-dealkylation sites (tertiary alicyclic amines) is 1. The van der Waals surface area contributed by atoms with Gasteiger partial charge in [-0.05, 0) is 43.9 Å². The minimum Gasteiger partial charge on any atom is -0.335 e. The number of carbonyl (C=O) groups is 1. The summed E-state index contributed by atoms with van der Waals surface area (Å²) >= 11 is 0. The molecule has 5 nitrogen and oxygen atoms in total. The van der Waals surface area contributed by atoms with E-state index in [-0.39, 0.29) is 6.03 Å². The number of urea groups is 1. The fourth-order valence-electron chi connectivity index (χ4n) is 3.48. The molecule has 1 aliphatic carbocycles. The molecule has 0 spiro atoms. The number of carbonyl (C=O) groups excluding carboxylic acids is 1. The zero-order chi connectivity index (χ0) is 16.1. The Balaban J connectivity index is 1.41. The van der Waals surface area contributed by atoms with Gasteiger partial charge in [-0.25, -0.2) is 4.79 Å². The molecule has 0 aromatic carbocycles. The van der Waals surface area contributed by atoms with Gasteiger partial charge in [0.25, 0.3) is 0 Å². The molecule has 0 radical (unpaired) electrons. The fourth-order valence-corrected chi connectivity index (χ4v) is 3.48. The van der Waals surface area contributed by atoms with Crippen LogP contribution in [0.25, 0.3) is 0 Å². The molecule has 2 amide bonds. The summed E-state index contributed by atoms with van der Waals surface area (Å²) < 4.78 is 0. The lowest BCUT2D eigenvalue weighted by atomic mass is 10.1. The van der Waals surface area contributed by atoms with Crippen molar-refractivity contribution in [1.29, 1.82) is 0 Å². The lowest BCUT2D eigenvalue weighted by Crippen LogP contribution is -2.43. The topological polar surface area (TPSA) is 48.5 Å². The maximum atomic E-state index is 12.3. The van der Waals surface area contributed by atoms with Gasteiger partial charge in [-0.3, -0.25) is 4.98 Å². The van der Waals surface area contributed by atoms with Gasteiger partial charge < -0.3 is 15.1 Å². The first-order valence-corrected chi connectivity index (χ1v) is 8.48. The highest BCUT2D eigenvalue weighted by molar-refractivity contribution is 5.75. The Bertz CT molecular complexity index is 537. The number of aromatic nitrogens is 1. The van der Waals surface area contributed by atoms with E-state index in [2.05, 4.69) is 40.5 Å². The third-order valence-corrected chi connectivity index (χ3v) is 4.65. The first-order valence-electron chi connectivity index (χ1n) is 8.48. The van der Waals surface area contributed by atoms with Crippen LogP contribution in [0.3, 0.4) is 0 Å². The average Bonchev–Trinajstić information content (AvgIpc) is 3.20. The SMILES string of the molecule is CN(Cc1cccnc1)C[C@@H]1CCN(C(=O)NC2CC=CC2)C1. The van der Waals surface area contributed by atoms with Gasteiger partial charge in [-0.1, -0.05) is 18.2 Å². The van der Waals surface area contributed by atoms with E-state index in [4.69, 9.17) is 0 Å². The number of pyridine rings is 1. The second kappa shape index (κ2) is 7.59. The third kappa shape index (κ3) is 4.55. The van der Waals surface area contributed by atoms with Crippen LogP contribution in [-0.2, 0) is 6.54 Å². The molecule has 0 unspecified atom stereocenters. The second-order valence-electron chi connectivity index (χ2n) is 6.75. The summed E-state index contributed by atoms with van der Waals surface area (Å²) in [6.07, 6.45) is 11.0. The quantitative estimate of drug-likeness (QED) is 0.848. The van der Waals surface area contributed by atoms with Crippen molar-refractivity contribution < 1.29 is 4.79 Å². The van der Waals surface area contributed by atoms with E-state index in [0.717, 1.165) is 45.4 Å². The maximum Gasteiger partial charge on any atom is 0.317 e. The Morgan fingerprint density at radius 2 is 2.26 bits per heavy atom. The molecule has 5 heteroatoms. The van der Waals surface area contributed by atoms with Crippen LogP contribution in [0.5, 0.6) is 0 Å². The van der Waals surface area contributed by atoms with E-state index < -0.39 is 0 Å². The van der Waals surface area contributed by atoms with E-state index in [1.807, 2.05) is 17.2 Å². The number of nitrogens with zero attached hydrogens (tertiary/aromatic N) is 3. The molecule has 3 rings (SSSR count). The van der Waals surface area contributed by atoms with Crippen LogP contribution in [0, 0.1) is 5.92 Å². The van der Waals surface area contributed by atoms with E-state index >= 15 is 0 Å². The molecule has 1 aromatic rings. The number of nitrogens with one attached hydrogen (secondary N) is 1. The van der Waals surface area contributed by atoms with Crippen molar-refractivity contribution in [2.24, 2.45) is 5.92 Å². The minimum absolute atomic E-state index is 0.108. The highest BCUT2D eigenvalue weighted by Crippen LogP contribution is 2.19. The molecule has 1 N–H and O–H groups in total. The molecule has 1 aromatic heterocycles. The van der Waals surface area contributed by atoms with E-state index in [0.29, 0.717) is 12.0 Å². The molecule has 23 heavy (non-hydrogen) atoms. The smallest absolute Gasteiger partial charge is 0.317 e. The van der Waals surface area contributed by atoms with Crippen molar-refractivity contribution in [2.45, 2.75) is 31.8 Å². The van der Waals surface area contributed by atoms with Gasteiger partial charge in [-0.2, -0.15) is 0 Å². The summed E-state index contributed by atoms with van der Waals surface area (Å²) in [6.45, 7) is 3.66. The van der Waals surface area contributed by atoms with Crippen molar-refractivity contribution in [2.75, 3.05) is 26.7 Å². The molecular weight excluding hydrogens is 288 g/mol. The molecule has 2 aliphatic rings. The van der Waals surface area contributed by atoms with Crippen molar-refractivity contribution >= 4 is 6.03 Å². The first kappa shape index (κ1) is 16.0. The normalized spacial score (nSPS) is 21.3. The number of hydrogen-bond acceptors (Lipinski definition) is 3. The van der Waals surface area contributed by atoms with Crippen molar-refractivity contribution in [3.8, 4) is 0 Å². The van der Waals surface area contributed by atoms with Crippen LogP contribution in [-0.4, -0.2) is 53.5 Å². The molecule has 0 saturated carbocycles. The van der Waals surface area contributed by atoms with Crippen LogP contribution in [0.15, 0.2) is 36.7 Å². The molecule has 1 fully saturated rings. The first-order chi connectivity index (χ1) is 11.2. The molecule has 1 aliphatic heterocycles. The highest BCUT2D eigenvalue weighted by atomic mass is 16.2. The van der Waals surface area contributed by atoms with E-state index in [1.54, 1.807) is 6.20 Å². The Labute approximate surface area is 138 Å². The number of amides is 2. The van der Waals surface area contributed by atoms with Crippen LogP contribution in [0.4, 0.5) is 4.79 Å². The van der Waals surface area contributed by atoms with Gasteiger partial charge in [0.2, 0.25) is 0 Å². The average molecular weight is 314 g/mol. The molecule has 1 atom stereocenters. The molecule has 124 valence electrons. The van der Waals surface area contributed by atoms with Crippen LogP contribution < -0.4 is 5.32 Å². The minimum atomic E-state index is 0.108. The van der Waals surface area contributed by atoms with E-state index in [1.165, 1.54) is 5.56 Å². The Morgan fingerprint density at radius 3 is 3.00 bits per heavy atom. The lowest BCUT2D eigenvalue weighted by Gasteiger charge is -2.23. The molecule has 0 bridgehead atoms. The molecular formula is C18H26N4O. The van der Waals surface area contributed by atoms with Crippen LogP contribution >= 0.6 is 0 Å². The lowest BCUT2D eigenvalue weighted by molar-refractivity contribution is 0.200. The van der Waals surface area contributed by atoms with Gasteiger partial charge in [0.05, 0.1) is 0 Å². The number of hydrogen-bond donors (Lipinski definition) is 1. The van der Waals surface area contributed by atoms with Gasteiger partial charge in [0, 0.05) is 44.6 Å². The fraction of sp³-hybridized carbons (Fsp3) is 0.556. The van der Waals surface area contributed by atoms with Gasteiger partial charge >= 0.3 is 6.03 Å². The third-order valence-electron chi connectivity index (χ3n) is 4.65. The summed E-state index contributed by atoms with van der Waals surface area (Å²) in [5, 5.41) is 3.14. The predicted octanol–water partition coefficient (Wildman–Crippen LogP) is 2.26. The van der Waals surface area contributed by atoms with Crippen LogP contribution in [0.1, 0.15) is 24.8 Å². The number of rotatable bonds is 5. The maximum absolute atomic E-state index is 12.3. The largest absolute Gasteiger partial charge is 0.335 e. The molecule has 1 saturated heterocycles. The predicted molar refractivity (Wildman–Crippen MR) is 90.9 cm³/mol. The second-order valence-corrected chi connectivity index (χ2v) is 6.75. The summed E-state index contributed by atoms with van der Waals surface area (Å²) in [5.74, 6) is 0.559. The zero-order valence-corrected chi connectivity index (χ0v) is 13.8. The van der Waals surface area contributed by atoms with Crippen molar-refractivity contribution in [3.05, 3.63) is 42.2 Å². The van der Waals surface area contributed by atoms with Crippen molar-refractivity contribution in [1.82, 2.24) is 20.1 Å². The van der Waals surface area contributed by atoms with Gasteiger partial charge in [0.1, 0.15) is 0 Å². The van der Waals surface area contributed by atoms with E-state index in [9.17, 15) is 4.79 Å². The van der Waals surface area contributed by atoms with Gasteiger partial charge in [-0.15, -0.1) is 0 Å². The Morgan fingerprint density at radius 1 is 1.43 bits per heavy atom. The van der Waals surface area contributed by atoms with Gasteiger partial charge in [0.15, 0.2) is 0 Å². The Hall–Kier alpha value is -1.88. The van der Waals surface area contributed by atoms with Crippen molar-refractivity contribution in [3.63, 3.8) is 0 Å². The summed E-state index contributed by atoms with van der Waals surface area (Å²) in [6, 6.07) is 4.49. The van der Waals surface area contributed by atoms with Crippen LogP contribution in [0.2, 0.25) is 0 Å². The monoisotopic (exact) mass is 314 g/mol. The molecule has 2 heterocycles. The Kier molecular flexibility index (Phi) is 5.28. The summed E-state index contributed by atoms with van der Waals surface area (Å²) in [4.78, 5) is 20.7.